The van der Waals surface area contributed by atoms with E-state index in [1.54, 1.807) is 6.92 Å². The second-order valence-corrected chi connectivity index (χ2v) is 3.95. The van der Waals surface area contributed by atoms with Gasteiger partial charge >= 0.3 is 54.6 Å². The first-order chi connectivity index (χ1) is 1.73. The van der Waals surface area contributed by atoms with Crippen molar-refractivity contribution in [1.29, 1.82) is 0 Å². The summed E-state index contributed by atoms with van der Waals surface area (Å²) in [5.74, 6) is 0. The Bertz CT molecular complexity index is 29.0. The van der Waals surface area contributed by atoms with Gasteiger partial charge in [-0.15, -0.1) is 0 Å². The standard InChI is InChI=1S/C2H3O.Ac/c1-2-3;/h1H3;. The topological polar surface area (TPSA) is 17.1 Å². The van der Waals surface area contributed by atoms with Gasteiger partial charge in [0.25, 0.3) is 0 Å². The molecule has 0 saturated heterocycles. The van der Waals surface area contributed by atoms with Gasteiger partial charge in [-0.1, -0.05) is 0 Å². The van der Waals surface area contributed by atoms with Crippen molar-refractivity contribution in [3.8, 4) is 0 Å². The molecule has 0 aromatic carbocycles. The number of hydrogen-bond donors (Lipinski definition) is 0. The Kier molecular flexibility index (Phi) is 3.01. The summed E-state index contributed by atoms with van der Waals surface area (Å²) in [4.78, 5) is 9.53. The minimum atomic E-state index is 0.355. The summed E-state index contributed by atoms with van der Waals surface area (Å²) in [7, 11) is 0. The Balaban J connectivity index is 2.80. The molecule has 0 bridgehead atoms. The van der Waals surface area contributed by atoms with Gasteiger partial charge in [-0.3, -0.25) is 0 Å². The molecule has 4 heavy (non-hydrogen) atoms. The Labute approximate surface area is 53.8 Å². The van der Waals surface area contributed by atoms with Gasteiger partial charge in [-0.05, 0) is 0 Å². The van der Waals surface area contributed by atoms with E-state index in [0.717, 1.165) is 0 Å². The Morgan fingerprint density at radius 2 is 2.00 bits per heavy atom. The van der Waals surface area contributed by atoms with Crippen LogP contribution in [0.15, 0.2) is 0 Å². The van der Waals surface area contributed by atoms with E-state index >= 15 is 0 Å². The molecule has 0 radical (unpaired) electrons. The fraction of sp³-hybridized carbons (Fsp3) is 0.500. The van der Waals surface area contributed by atoms with E-state index in [2.05, 4.69) is 0 Å². The van der Waals surface area contributed by atoms with E-state index in [-0.39, 0.29) is 0 Å². The third-order valence-corrected chi connectivity index (χ3v) is 0. The predicted molar refractivity (Wildman–Crippen MR) is 10.7 cm³/mol. The fourth-order valence-corrected chi connectivity index (χ4v) is 0. The van der Waals surface area contributed by atoms with E-state index in [1.807, 2.05) is 0 Å². The van der Waals surface area contributed by atoms with Crippen molar-refractivity contribution in [3.63, 3.8) is 0 Å². The fourth-order valence-electron chi connectivity index (χ4n) is 0. The predicted octanol–water partition coefficient (Wildman–Crippen LogP) is 0.0822. The first-order valence-electron chi connectivity index (χ1n) is 0.993. The maximum absolute atomic E-state index is 9.53. The molecule has 2 heteroatoms. The van der Waals surface area contributed by atoms with E-state index in [9.17, 15) is 4.79 Å². The summed E-state index contributed by atoms with van der Waals surface area (Å²) in [6.07, 6.45) is 0. The van der Waals surface area contributed by atoms with Gasteiger partial charge in [0.1, 0.15) is 0 Å². The van der Waals surface area contributed by atoms with Crippen LogP contribution in [0.4, 0.5) is 0 Å². The molecular formula is C2H3AcO. The van der Waals surface area contributed by atoms with Gasteiger partial charge in [0.15, 0.2) is 0 Å². The third kappa shape index (κ3) is 11.2. The van der Waals surface area contributed by atoms with Gasteiger partial charge in [-0.2, -0.15) is 0 Å². The van der Waals surface area contributed by atoms with E-state index in [1.165, 1.54) is 0 Å². The minimum absolute atomic E-state index is 0.355. The zero-order valence-electron chi connectivity index (χ0n) is 2.49. The van der Waals surface area contributed by atoms with Crippen molar-refractivity contribution >= 4 is 0.963 Å². The van der Waals surface area contributed by atoms with Crippen molar-refractivity contribution in [2.45, 2.75) is 6.92 Å². The van der Waals surface area contributed by atoms with E-state index in [4.69, 9.17) is 0 Å². The molecule has 0 rings (SSSR count). The molecule has 0 aromatic rings. The molecule has 0 aliphatic carbocycles. The number of hydrogen-bond acceptors (Lipinski definition) is 1. The van der Waals surface area contributed by atoms with Crippen LogP contribution in [0.1, 0.15) is 6.92 Å². The summed E-state index contributed by atoms with van der Waals surface area (Å²) < 4.78 is 0.355. The van der Waals surface area contributed by atoms with Crippen molar-refractivity contribution in [1.82, 2.24) is 0 Å². The molecule has 1 nitrogen and oxygen atoms in total. The molecule has 0 spiro atoms. The zero-order valence-corrected chi connectivity index (χ0v) is 7.23. The quantitative estimate of drug-likeness (QED) is 0.609. The Morgan fingerprint density at radius 3 is 2.00 bits per heavy atom. The van der Waals surface area contributed by atoms with Gasteiger partial charge < -0.3 is 0 Å². The first kappa shape index (κ1) is 5.11. The maximum atomic E-state index is 9.53. The normalized spacial score (nSPS) is 6.75. The molecule has 0 atom stereocenters. The summed E-state index contributed by atoms with van der Waals surface area (Å²) in [5.41, 5.74) is 0. The Morgan fingerprint density at radius 1 is 2.00 bits per heavy atom. The molecular weight excluding hydrogens is 267 g/mol. The monoisotopic (exact) mass is 270 g/mol. The molecule has 0 heterocycles. The molecule has 0 aliphatic rings. The molecule has 20 valence electrons. The molecule has 0 saturated carbocycles. The first-order valence-corrected chi connectivity index (χ1v) is 3.37. The number of carbonyl (C=O) groups is 1. The van der Waals surface area contributed by atoms with Crippen LogP contribution in [0, 0.1) is 41.9 Å². The van der Waals surface area contributed by atoms with Crippen LogP contribution in [0.2, 0.25) is 0 Å². The second-order valence-electron chi connectivity index (χ2n) is 0.611. The average molecular weight is 270 g/mol. The van der Waals surface area contributed by atoms with Crippen LogP contribution in [0.5, 0.6) is 0 Å². The summed E-state index contributed by atoms with van der Waals surface area (Å²) in [6, 6.07) is 0. The van der Waals surface area contributed by atoms with Crippen molar-refractivity contribution < 1.29 is 46.7 Å². The van der Waals surface area contributed by atoms with Crippen LogP contribution in [-0.2, 0) is 4.79 Å². The van der Waals surface area contributed by atoms with Crippen molar-refractivity contribution in [2.75, 3.05) is 0 Å². The van der Waals surface area contributed by atoms with Gasteiger partial charge in [0, 0.05) is 0 Å². The van der Waals surface area contributed by atoms with E-state index < -0.39 is 0 Å². The molecule has 0 amide bonds. The van der Waals surface area contributed by atoms with Gasteiger partial charge in [-0.25, -0.2) is 0 Å². The molecule has 0 N–H and O–H groups in total. The molecule has 0 fully saturated rings. The average Bonchev–Trinajstić information content (AvgIpc) is 0.811. The van der Waals surface area contributed by atoms with E-state index in [0.29, 0.717) is 42.8 Å². The van der Waals surface area contributed by atoms with Crippen LogP contribution < -0.4 is 0 Å². The van der Waals surface area contributed by atoms with Crippen LogP contribution in [0.25, 0.3) is 0 Å². The number of rotatable bonds is 0. The van der Waals surface area contributed by atoms with Crippen molar-refractivity contribution in [2.24, 2.45) is 0 Å². The second kappa shape index (κ2) is 2.35. The zero-order chi connectivity index (χ0) is 3.58. The Hall–Kier alpha value is 1.11. The molecule has 0 aliphatic heterocycles. The SMILES string of the molecule is C[C](=O)[Ac]. The number of carbonyl (C=O) groups excluding carboxylic acids is 1. The summed E-state index contributed by atoms with van der Waals surface area (Å²) >= 11 is 0.416. The summed E-state index contributed by atoms with van der Waals surface area (Å²) in [5, 5.41) is 0. The third-order valence-electron chi connectivity index (χ3n) is 0. The van der Waals surface area contributed by atoms with Crippen LogP contribution >= 0.6 is 0 Å². The van der Waals surface area contributed by atoms with Gasteiger partial charge in [0.05, 0.1) is 0 Å². The molecule has 0 aromatic heterocycles. The molecule has 0 unspecified atom stereocenters. The van der Waals surface area contributed by atoms with Gasteiger partial charge in [0.2, 0.25) is 0 Å². The summed E-state index contributed by atoms with van der Waals surface area (Å²) in [6.45, 7) is 1.61. The van der Waals surface area contributed by atoms with Crippen LogP contribution in [0.3, 0.4) is 0 Å². The van der Waals surface area contributed by atoms with Crippen LogP contribution in [-0.4, -0.2) is 0.963 Å². The van der Waals surface area contributed by atoms with Crippen molar-refractivity contribution in [3.05, 3.63) is 0 Å².